The molecule has 0 aromatic carbocycles. The van der Waals surface area contributed by atoms with E-state index < -0.39 is 17.0 Å². The van der Waals surface area contributed by atoms with Gasteiger partial charge in [0.15, 0.2) is 5.78 Å². The van der Waals surface area contributed by atoms with Gasteiger partial charge < -0.3 is 5.11 Å². The summed E-state index contributed by atoms with van der Waals surface area (Å²) in [6.07, 6.45) is 0.780. The number of Topliss-reactive ketones (excluding diaryl/α,β-unsaturated/α-hetero) is 1. The highest BCUT2D eigenvalue weighted by Gasteiger charge is 2.54. The van der Waals surface area contributed by atoms with Gasteiger partial charge in [0, 0.05) is 6.54 Å². The highest BCUT2D eigenvalue weighted by molar-refractivity contribution is 5.93. The molecule has 5 nitrogen and oxygen atoms in total. The predicted octanol–water partition coefficient (Wildman–Crippen LogP) is 2.42. The standard InChI is InChI=1S/C13H20N2O3/c1-12(2,3)13(10(16)6-8-14)7-4-5-9-15(13)11(17)18/h4-7,9H2,1-3H3,(H,17,18). The van der Waals surface area contributed by atoms with Crippen molar-refractivity contribution < 1.29 is 14.7 Å². The van der Waals surface area contributed by atoms with Gasteiger partial charge in [0.1, 0.15) is 5.54 Å². The molecule has 0 aliphatic carbocycles. The molecule has 0 saturated carbocycles. The third kappa shape index (κ3) is 2.20. The van der Waals surface area contributed by atoms with Crippen LogP contribution in [0.2, 0.25) is 0 Å². The molecule has 1 aliphatic rings. The van der Waals surface area contributed by atoms with E-state index >= 15 is 0 Å². The molecular formula is C13H20N2O3. The lowest BCUT2D eigenvalue weighted by molar-refractivity contribution is -0.139. The number of carbonyl (C=O) groups excluding carboxylic acids is 1. The number of carbonyl (C=O) groups is 2. The number of carboxylic acid groups (broad SMARTS) is 1. The minimum absolute atomic E-state index is 0.235. The Morgan fingerprint density at radius 3 is 2.44 bits per heavy atom. The van der Waals surface area contributed by atoms with Crippen LogP contribution < -0.4 is 0 Å². The Bertz CT molecular complexity index is 392. The van der Waals surface area contributed by atoms with E-state index in [-0.39, 0.29) is 12.2 Å². The summed E-state index contributed by atoms with van der Waals surface area (Å²) in [6, 6.07) is 1.85. The second kappa shape index (κ2) is 4.97. The van der Waals surface area contributed by atoms with Crippen molar-refractivity contribution >= 4 is 11.9 Å². The molecule has 1 amide bonds. The Labute approximate surface area is 107 Å². The SMILES string of the molecule is CC(C)(C)C1(C(=O)CC#N)CCCCN1C(=O)O. The van der Waals surface area contributed by atoms with Crippen LogP contribution in [-0.4, -0.2) is 34.0 Å². The van der Waals surface area contributed by atoms with Crippen molar-refractivity contribution in [3.05, 3.63) is 0 Å². The average Bonchev–Trinajstić information content (AvgIpc) is 2.27. The zero-order valence-corrected chi connectivity index (χ0v) is 11.2. The van der Waals surface area contributed by atoms with Gasteiger partial charge in [0.25, 0.3) is 0 Å². The number of ketones is 1. The van der Waals surface area contributed by atoms with Crippen molar-refractivity contribution in [3.8, 4) is 6.07 Å². The Hall–Kier alpha value is -1.57. The van der Waals surface area contributed by atoms with Crippen molar-refractivity contribution in [2.75, 3.05) is 6.54 Å². The molecule has 0 aromatic heterocycles. The van der Waals surface area contributed by atoms with Crippen molar-refractivity contribution in [1.29, 1.82) is 5.26 Å². The van der Waals surface area contributed by atoms with E-state index in [0.29, 0.717) is 13.0 Å². The lowest BCUT2D eigenvalue weighted by Gasteiger charge is -2.52. The molecule has 0 bridgehead atoms. The van der Waals surface area contributed by atoms with Crippen LogP contribution in [0.25, 0.3) is 0 Å². The summed E-state index contributed by atoms with van der Waals surface area (Å²) in [5, 5.41) is 18.1. The summed E-state index contributed by atoms with van der Waals surface area (Å²) in [5.74, 6) is -0.278. The zero-order chi connectivity index (χ0) is 14.0. The molecule has 1 rings (SSSR count). The van der Waals surface area contributed by atoms with E-state index in [1.807, 2.05) is 26.8 Å². The molecule has 0 spiro atoms. The van der Waals surface area contributed by atoms with Crippen LogP contribution in [0.4, 0.5) is 4.79 Å². The summed E-state index contributed by atoms with van der Waals surface area (Å²) in [7, 11) is 0. The molecule has 100 valence electrons. The molecule has 1 heterocycles. The maximum absolute atomic E-state index is 12.4. The van der Waals surface area contributed by atoms with Crippen LogP contribution >= 0.6 is 0 Å². The first-order valence-electron chi connectivity index (χ1n) is 6.18. The van der Waals surface area contributed by atoms with Gasteiger partial charge >= 0.3 is 6.09 Å². The largest absolute Gasteiger partial charge is 0.465 e. The minimum Gasteiger partial charge on any atom is -0.465 e. The first-order chi connectivity index (χ1) is 8.27. The zero-order valence-electron chi connectivity index (χ0n) is 11.2. The quantitative estimate of drug-likeness (QED) is 0.818. The second-order valence-corrected chi connectivity index (χ2v) is 5.76. The van der Waals surface area contributed by atoms with Crippen molar-refractivity contribution in [2.24, 2.45) is 5.41 Å². The summed E-state index contributed by atoms with van der Waals surface area (Å²) in [6.45, 7) is 5.96. The van der Waals surface area contributed by atoms with Crippen molar-refractivity contribution in [1.82, 2.24) is 4.90 Å². The van der Waals surface area contributed by atoms with Crippen LogP contribution in [0.3, 0.4) is 0 Å². The summed E-state index contributed by atoms with van der Waals surface area (Å²) < 4.78 is 0. The lowest BCUT2D eigenvalue weighted by atomic mass is 9.65. The van der Waals surface area contributed by atoms with E-state index in [0.717, 1.165) is 12.8 Å². The Morgan fingerprint density at radius 2 is 2.00 bits per heavy atom. The minimum atomic E-state index is -1.07. The van der Waals surface area contributed by atoms with Gasteiger partial charge in [-0.05, 0) is 24.7 Å². The average molecular weight is 252 g/mol. The Kier molecular flexibility index (Phi) is 4.00. The number of piperidine rings is 1. The Balaban J connectivity index is 3.29. The van der Waals surface area contributed by atoms with Crippen LogP contribution in [0.15, 0.2) is 0 Å². The van der Waals surface area contributed by atoms with Gasteiger partial charge in [-0.1, -0.05) is 20.8 Å². The fourth-order valence-electron chi connectivity index (χ4n) is 2.94. The number of hydrogen-bond acceptors (Lipinski definition) is 3. The summed E-state index contributed by atoms with van der Waals surface area (Å²) in [4.78, 5) is 25.0. The van der Waals surface area contributed by atoms with Gasteiger partial charge in [-0.15, -0.1) is 0 Å². The molecule has 1 saturated heterocycles. The molecule has 0 aromatic rings. The van der Waals surface area contributed by atoms with Crippen LogP contribution in [0.1, 0.15) is 46.5 Å². The first kappa shape index (κ1) is 14.5. The fourth-order valence-corrected chi connectivity index (χ4v) is 2.94. The topological polar surface area (TPSA) is 81.4 Å². The number of nitriles is 1. The molecular weight excluding hydrogens is 232 g/mol. The number of nitrogens with zero attached hydrogens (tertiary/aromatic N) is 2. The predicted molar refractivity (Wildman–Crippen MR) is 66.0 cm³/mol. The van der Waals surface area contributed by atoms with E-state index in [2.05, 4.69) is 0 Å². The van der Waals surface area contributed by atoms with Gasteiger partial charge in [-0.2, -0.15) is 5.26 Å². The lowest BCUT2D eigenvalue weighted by Crippen LogP contribution is -2.65. The molecule has 1 aliphatic heterocycles. The van der Waals surface area contributed by atoms with E-state index in [1.165, 1.54) is 4.90 Å². The third-order valence-corrected chi connectivity index (χ3v) is 3.80. The van der Waals surface area contributed by atoms with Gasteiger partial charge in [0.05, 0.1) is 12.5 Å². The maximum Gasteiger partial charge on any atom is 0.408 e. The number of likely N-dealkylation sites (tertiary alicyclic amines) is 1. The van der Waals surface area contributed by atoms with E-state index in [1.54, 1.807) is 0 Å². The molecule has 1 fully saturated rings. The molecule has 1 unspecified atom stereocenters. The monoisotopic (exact) mass is 252 g/mol. The van der Waals surface area contributed by atoms with Crippen molar-refractivity contribution in [2.45, 2.75) is 52.0 Å². The summed E-state index contributed by atoms with van der Waals surface area (Å²) >= 11 is 0. The fraction of sp³-hybridized carbons (Fsp3) is 0.769. The number of rotatable bonds is 2. The number of amides is 1. The highest BCUT2D eigenvalue weighted by Crippen LogP contribution is 2.44. The Morgan fingerprint density at radius 1 is 1.39 bits per heavy atom. The van der Waals surface area contributed by atoms with E-state index in [4.69, 9.17) is 5.26 Å². The molecule has 18 heavy (non-hydrogen) atoms. The van der Waals surface area contributed by atoms with Crippen LogP contribution in [0, 0.1) is 16.7 Å². The highest BCUT2D eigenvalue weighted by atomic mass is 16.4. The van der Waals surface area contributed by atoms with Crippen LogP contribution in [0.5, 0.6) is 0 Å². The molecule has 1 N–H and O–H groups in total. The van der Waals surface area contributed by atoms with Crippen LogP contribution in [-0.2, 0) is 4.79 Å². The smallest absolute Gasteiger partial charge is 0.408 e. The van der Waals surface area contributed by atoms with Crippen molar-refractivity contribution in [3.63, 3.8) is 0 Å². The van der Waals surface area contributed by atoms with Gasteiger partial charge in [-0.3, -0.25) is 9.69 Å². The van der Waals surface area contributed by atoms with Gasteiger partial charge in [0.2, 0.25) is 0 Å². The number of hydrogen-bond donors (Lipinski definition) is 1. The van der Waals surface area contributed by atoms with E-state index in [9.17, 15) is 14.7 Å². The normalized spacial score (nSPS) is 24.4. The second-order valence-electron chi connectivity index (χ2n) is 5.76. The molecule has 0 radical (unpaired) electrons. The third-order valence-electron chi connectivity index (χ3n) is 3.80. The summed E-state index contributed by atoms with van der Waals surface area (Å²) in [5.41, 5.74) is -1.58. The maximum atomic E-state index is 12.4. The molecule has 1 atom stereocenters. The first-order valence-corrected chi connectivity index (χ1v) is 6.18. The van der Waals surface area contributed by atoms with Gasteiger partial charge in [-0.25, -0.2) is 4.79 Å². The molecule has 5 heteroatoms.